The minimum absolute atomic E-state index is 0.183. The van der Waals surface area contributed by atoms with Crippen LogP contribution in [0.4, 0.5) is 0 Å². The molecule has 1 aromatic carbocycles. The van der Waals surface area contributed by atoms with Crippen LogP contribution in [-0.4, -0.2) is 45.1 Å². The largest absolute Gasteiger partial charge is 0.496 e. The molecule has 0 aliphatic heterocycles. The Morgan fingerprint density at radius 2 is 1.67 bits per heavy atom. The van der Waals surface area contributed by atoms with Crippen LogP contribution in [0, 0.1) is 0 Å². The first kappa shape index (κ1) is 17.1. The third-order valence-electron chi connectivity index (χ3n) is 2.95. The number of aliphatic hydroxyl groups excluding tert-OH is 1. The van der Waals surface area contributed by atoms with Crippen LogP contribution in [0.15, 0.2) is 12.1 Å². The molecule has 118 valence electrons. The number of ether oxygens (including phenoxy) is 4. The molecular weight excluding hydrogens is 278 g/mol. The lowest BCUT2D eigenvalue weighted by molar-refractivity contribution is -0.147. The van der Waals surface area contributed by atoms with E-state index in [0.717, 1.165) is 0 Å². The average Bonchev–Trinajstić information content (AvgIpc) is 2.52. The molecule has 3 N–H and O–H groups in total. The lowest BCUT2D eigenvalue weighted by Gasteiger charge is -2.21. The van der Waals surface area contributed by atoms with Gasteiger partial charge in [-0.3, -0.25) is 4.79 Å². The van der Waals surface area contributed by atoms with Gasteiger partial charge < -0.3 is 29.8 Å². The molecule has 1 aromatic rings. The predicted molar refractivity (Wildman–Crippen MR) is 75.7 cm³/mol. The van der Waals surface area contributed by atoms with E-state index in [2.05, 4.69) is 0 Å². The second-order valence-electron chi connectivity index (χ2n) is 4.17. The summed E-state index contributed by atoms with van der Waals surface area (Å²) in [6.07, 6.45) is -1.29. The first-order chi connectivity index (χ1) is 9.99. The molecule has 0 aliphatic rings. The predicted octanol–water partition coefficient (Wildman–Crippen LogP) is 0.636. The lowest BCUT2D eigenvalue weighted by atomic mass is 10.0. The normalized spacial score (nSPS) is 13.2. The van der Waals surface area contributed by atoms with Gasteiger partial charge in [0.2, 0.25) is 0 Å². The monoisotopic (exact) mass is 299 g/mol. The zero-order chi connectivity index (χ0) is 16.0. The van der Waals surface area contributed by atoms with Crippen molar-refractivity contribution in [2.45, 2.75) is 19.1 Å². The Morgan fingerprint density at radius 3 is 2.14 bits per heavy atom. The first-order valence-corrected chi connectivity index (χ1v) is 6.40. The zero-order valence-electron chi connectivity index (χ0n) is 12.6. The summed E-state index contributed by atoms with van der Waals surface area (Å²) in [6, 6.07) is 1.84. The Hall–Kier alpha value is -1.99. The Labute approximate surface area is 123 Å². The van der Waals surface area contributed by atoms with Crippen molar-refractivity contribution in [2.24, 2.45) is 5.73 Å². The van der Waals surface area contributed by atoms with Crippen molar-refractivity contribution in [1.29, 1.82) is 0 Å². The number of carbonyl (C=O) groups is 1. The van der Waals surface area contributed by atoms with Crippen LogP contribution in [0.2, 0.25) is 0 Å². The van der Waals surface area contributed by atoms with E-state index in [0.29, 0.717) is 22.8 Å². The molecule has 0 radical (unpaired) electrons. The second kappa shape index (κ2) is 7.70. The number of carbonyl (C=O) groups excluding carboxylic acids is 1. The SMILES string of the molecule is CCOC(=O)C(N)C(O)c1cc(OC)c(OC)cc1OC. The van der Waals surface area contributed by atoms with Crippen LogP contribution in [0.1, 0.15) is 18.6 Å². The van der Waals surface area contributed by atoms with E-state index >= 15 is 0 Å². The van der Waals surface area contributed by atoms with E-state index < -0.39 is 18.1 Å². The maximum atomic E-state index is 11.6. The van der Waals surface area contributed by atoms with E-state index in [1.807, 2.05) is 0 Å². The standard InChI is InChI=1S/C14H21NO6/c1-5-21-14(17)12(15)13(16)8-6-10(19-3)11(20-4)7-9(8)18-2/h6-7,12-13,16H,5,15H2,1-4H3. The summed E-state index contributed by atoms with van der Waals surface area (Å²) < 4.78 is 20.3. The summed E-state index contributed by atoms with van der Waals surface area (Å²) in [5, 5.41) is 10.3. The Bertz CT molecular complexity index is 491. The van der Waals surface area contributed by atoms with Crippen LogP contribution in [0.5, 0.6) is 17.2 Å². The van der Waals surface area contributed by atoms with Crippen LogP contribution in [0.25, 0.3) is 0 Å². The van der Waals surface area contributed by atoms with Gasteiger partial charge in [-0.2, -0.15) is 0 Å². The minimum atomic E-state index is -1.29. The molecule has 0 amide bonds. The maximum Gasteiger partial charge on any atom is 0.325 e. The van der Waals surface area contributed by atoms with Crippen molar-refractivity contribution in [3.63, 3.8) is 0 Å². The van der Waals surface area contributed by atoms with Gasteiger partial charge in [0.1, 0.15) is 17.9 Å². The molecule has 0 fully saturated rings. The van der Waals surface area contributed by atoms with E-state index in [1.165, 1.54) is 27.4 Å². The second-order valence-corrected chi connectivity index (χ2v) is 4.17. The highest BCUT2D eigenvalue weighted by Gasteiger charge is 2.29. The summed E-state index contributed by atoms with van der Waals surface area (Å²) >= 11 is 0. The molecule has 0 spiro atoms. The molecular formula is C14H21NO6. The van der Waals surface area contributed by atoms with Crippen LogP contribution < -0.4 is 19.9 Å². The minimum Gasteiger partial charge on any atom is -0.496 e. The molecule has 0 aromatic heterocycles. The van der Waals surface area contributed by atoms with Crippen LogP contribution in [-0.2, 0) is 9.53 Å². The fraction of sp³-hybridized carbons (Fsp3) is 0.500. The molecule has 7 nitrogen and oxygen atoms in total. The van der Waals surface area contributed by atoms with Crippen molar-refractivity contribution in [3.05, 3.63) is 17.7 Å². The van der Waals surface area contributed by atoms with E-state index in [4.69, 9.17) is 24.7 Å². The van der Waals surface area contributed by atoms with Gasteiger partial charge in [-0.25, -0.2) is 0 Å². The highest BCUT2D eigenvalue weighted by atomic mass is 16.5. The van der Waals surface area contributed by atoms with Crippen molar-refractivity contribution < 1.29 is 28.8 Å². The number of hydrogen-bond acceptors (Lipinski definition) is 7. The number of nitrogens with two attached hydrogens (primary N) is 1. The van der Waals surface area contributed by atoms with Crippen molar-refractivity contribution >= 4 is 5.97 Å². The number of hydrogen-bond donors (Lipinski definition) is 2. The fourth-order valence-electron chi connectivity index (χ4n) is 1.84. The van der Waals surface area contributed by atoms with Gasteiger partial charge in [0.25, 0.3) is 0 Å². The Morgan fingerprint density at radius 1 is 1.14 bits per heavy atom. The third-order valence-corrected chi connectivity index (χ3v) is 2.95. The lowest BCUT2D eigenvalue weighted by Crippen LogP contribution is -2.38. The third kappa shape index (κ3) is 3.77. The van der Waals surface area contributed by atoms with E-state index in [-0.39, 0.29) is 6.61 Å². The summed E-state index contributed by atoms with van der Waals surface area (Å²) in [5.41, 5.74) is 6.03. The van der Waals surface area contributed by atoms with Gasteiger partial charge in [-0.15, -0.1) is 0 Å². The highest BCUT2D eigenvalue weighted by Crippen LogP contribution is 2.38. The molecule has 2 atom stereocenters. The molecule has 0 heterocycles. The molecule has 0 aliphatic carbocycles. The van der Waals surface area contributed by atoms with Gasteiger partial charge in [0.15, 0.2) is 11.5 Å². The zero-order valence-corrected chi connectivity index (χ0v) is 12.6. The molecule has 21 heavy (non-hydrogen) atoms. The van der Waals surface area contributed by atoms with Crippen molar-refractivity contribution in [3.8, 4) is 17.2 Å². The maximum absolute atomic E-state index is 11.6. The van der Waals surface area contributed by atoms with Crippen molar-refractivity contribution in [1.82, 2.24) is 0 Å². The smallest absolute Gasteiger partial charge is 0.325 e. The number of esters is 1. The van der Waals surface area contributed by atoms with Gasteiger partial charge in [0, 0.05) is 11.6 Å². The first-order valence-electron chi connectivity index (χ1n) is 6.40. The molecule has 0 saturated carbocycles. The quantitative estimate of drug-likeness (QED) is 0.712. The fourth-order valence-corrected chi connectivity index (χ4v) is 1.84. The van der Waals surface area contributed by atoms with Gasteiger partial charge in [0.05, 0.1) is 27.9 Å². The van der Waals surface area contributed by atoms with E-state index in [9.17, 15) is 9.90 Å². The van der Waals surface area contributed by atoms with Gasteiger partial charge in [-0.05, 0) is 13.0 Å². The van der Waals surface area contributed by atoms with Crippen molar-refractivity contribution in [2.75, 3.05) is 27.9 Å². The molecule has 7 heteroatoms. The topological polar surface area (TPSA) is 100 Å². The Balaban J connectivity index is 3.18. The molecule has 0 bridgehead atoms. The Kier molecular flexibility index (Phi) is 6.26. The molecule has 0 saturated heterocycles. The number of methoxy groups -OCH3 is 3. The molecule has 2 unspecified atom stereocenters. The van der Waals surface area contributed by atoms with Crippen LogP contribution in [0.3, 0.4) is 0 Å². The van der Waals surface area contributed by atoms with Gasteiger partial charge >= 0.3 is 5.97 Å². The van der Waals surface area contributed by atoms with E-state index in [1.54, 1.807) is 13.0 Å². The van der Waals surface area contributed by atoms with Gasteiger partial charge in [-0.1, -0.05) is 0 Å². The summed E-state index contributed by atoms with van der Waals surface area (Å²) in [7, 11) is 4.39. The van der Waals surface area contributed by atoms with Crippen LogP contribution >= 0.6 is 0 Å². The molecule has 1 rings (SSSR count). The number of aliphatic hydroxyl groups is 1. The average molecular weight is 299 g/mol. The summed E-state index contributed by atoms with van der Waals surface area (Å²) in [5.74, 6) is 0.472. The number of benzene rings is 1. The highest BCUT2D eigenvalue weighted by molar-refractivity contribution is 5.77. The number of rotatable bonds is 7. The summed E-state index contributed by atoms with van der Waals surface area (Å²) in [6.45, 7) is 1.84. The summed E-state index contributed by atoms with van der Waals surface area (Å²) in [4.78, 5) is 11.6.